The molecule has 0 aliphatic rings. The lowest BCUT2D eigenvalue weighted by Gasteiger charge is -2.12. The minimum atomic E-state index is -0.0445. The van der Waals surface area contributed by atoms with Gasteiger partial charge in [-0.1, -0.05) is 12.1 Å². The Morgan fingerprint density at radius 3 is 2.47 bits per heavy atom. The van der Waals surface area contributed by atoms with E-state index >= 15 is 0 Å². The van der Waals surface area contributed by atoms with Crippen LogP contribution in [0.15, 0.2) is 35.7 Å². The van der Waals surface area contributed by atoms with E-state index in [0.29, 0.717) is 6.61 Å². The number of benzene rings is 1. The Bertz CT molecular complexity index is 475. The van der Waals surface area contributed by atoms with Crippen LogP contribution in [0.2, 0.25) is 0 Å². The van der Waals surface area contributed by atoms with E-state index in [1.807, 2.05) is 31.2 Å². The summed E-state index contributed by atoms with van der Waals surface area (Å²) in [6, 6.07) is 10.1. The van der Waals surface area contributed by atoms with Gasteiger partial charge in [0.1, 0.15) is 5.75 Å². The van der Waals surface area contributed by atoms with Crippen LogP contribution < -0.4 is 10.5 Å². The Balaban J connectivity index is 2.20. The predicted octanol–water partition coefficient (Wildman–Crippen LogP) is 3.50. The molecular formula is C14H17NOS. The SMILES string of the molecule is CCOc1ccc(C(N)c2ccsc2C)cc1. The van der Waals surface area contributed by atoms with E-state index in [2.05, 4.69) is 18.4 Å². The van der Waals surface area contributed by atoms with Crippen molar-refractivity contribution in [1.82, 2.24) is 0 Å². The maximum absolute atomic E-state index is 6.25. The Kier molecular flexibility index (Phi) is 3.82. The van der Waals surface area contributed by atoms with Crippen molar-refractivity contribution in [1.29, 1.82) is 0 Å². The molecule has 0 fully saturated rings. The molecule has 2 aromatic rings. The molecule has 2 nitrogen and oxygen atoms in total. The van der Waals surface area contributed by atoms with Gasteiger partial charge < -0.3 is 10.5 Å². The van der Waals surface area contributed by atoms with Gasteiger partial charge in [0.15, 0.2) is 0 Å². The largest absolute Gasteiger partial charge is 0.494 e. The van der Waals surface area contributed by atoms with Crippen molar-refractivity contribution in [3.05, 3.63) is 51.7 Å². The number of nitrogens with two attached hydrogens (primary N) is 1. The van der Waals surface area contributed by atoms with Crippen LogP contribution in [0.4, 0.5) is 0 Å². The maximum Gasteiger partial charge on any atom is 0.119 e. The molecule has 0 amide bonds. The first-order valence-corrected chi connectivity index (χ1v) is 6.62. The van der Waals surface area contributed by atoms with Gasteiger partial charge in [0.25, 0.3) is 0 Å². The third-order valence-corrected chi connectivity index (χ3v) is 3.65. The lowest BCUT2D eigenvalue weighted by Crippen LogP contribution is -2.11. The standard InChI is InChI=1S/C14H17NOS/c1-3-16-12-6-4-11(5-7-12)14(15)13-8-9-17-10(13)2/h4-9,14H,3,15H2,1-2H3. The Labute approximate surface area is 106 Å². The summed E-state index contributed by atoms with van der Waals surface area (Å²) in [4.78, 5) is 1.28. The van der Waals surface area contributed by atoms with E-state index in [0.717, 1.165) is 11.3 Å². The highest BCUT2D eigenvalue weighted by atomic mass is 32.1. The van der Waals surface area contributed by atoms with Crippen molar-refractivity contribution >= 4 is 11.3 Å². The first-order chi connectivity index (χ1) is 8.22. The number of hydrogen-bond acceptors (Lipinski definition) is 3. The second kappa shape index (κ2) is 5.34. The summed E-state index contributed by atoms with van der Waals surface area (Å²) in [5, 5.41) is 2.08. The summed E-state index contributed by atoms with van der Waals surface area (Å²) >= 11 is 1.73. The number of ether oxygens (including phenoxy) is 1. The Morgan fingerprint density at radius 1 is 1.24 bits per heavy atom. The molecule has 0 aliphatic carbocycles. The van der Waals surface area contributed by atoms with Gasteiger partial charge in [0, 0.05) is 4.88 Å². The fraction of sp³-hybridized carbons (Fsp3) is 0.286. The van der Waals surface area contributed by atoms with Gasteiger partial charge in [-0.2, -0.15) is 0 Å². The van der Waals surface area contributed by atoms with Gasteiger partial charge in [0.05, 0.1) is 12.6 Å². The van der Waals surface area contributed by atoms with E-state index in [9.17, 15) is 0 Å². The molecule has 0 aliphatic heterocycles. The normalized spacial score (nSPS) is 12.4. The van der Waals surface area contributed by atoms with Crippen LogP contribution >= 0.6 is 11.3 Å². The van der Waals surface area contributed by atoms with Crippen molar-refractivity contribution < 1.29 is 4.74 Å². The average Bonchev–Trinajstić information content (AvgIpc) is 2.76. The van der Waals surface area contributed by atoms with Crippen LogP contribution in [0.25, 0.3) is 0 Å². The van der Waals surface area contributed by atoms with Gasteiger partial charge in [-0.3, -0.25) is 0 Å². The van der Waals surface area contributed by atoms with Crippen LogP contribution in [0, 0.1) is 6.92 Å². The molecule has 1 aromatic carbocycles. The van der Waals surface area contributed by atoms with E-state index in [1.165, 1.54) is 10.4 Å². The molecule has 1 unspecified atom stereocenters. The minimum Gasteiger partial charge on any atom is -0.494 e. The molecule has 0 spiro atoms. The summed E-state index contributed by atoms with van der Waals surface area (Å²) in [7, 11) is 0. The third kappa shape index (κ3) is 2.68. The fourth-order valence-electron chi connectivity index (χ4n) is 1.84. The summed E-state index contributed by atoms with van der Waals surface area (Å²) in [6.45, 7) is 4.78. The van der Waals surface area contributed by atoms with Gasteiger partial charge in [-0.05, 0) is 48.6 Å². The van der Waals surface area contributed by atoms with Crippen molar-refractivity contribution in [2.24, 2.45) is 5.73 Å². The van der Waals surface area contributed by atoms with Crippen LogP contribution in [0.1, 0.15) is 29.0 Å². The highest BCUT2D eigenvalue weighted by Gasteiger charge is 2.12. The smallest absolute Gasteiger partial charge is 0.119 e. The topological polar surface area (TPSA) is 35.2 Å². The van der Waals surface area contributed by atoms with Gasteiger partial charge in [0.2, 0.25) is 0 Å². The zero-order valence-electron chi connectivity index (χ0n) is 10.1. The van der Waals surface area contributed by atoms with Gasteiger partial charge >= 0.3 is 0 Å². The molecule has 90 valence electrons. The zero-order chi connectivity index (χ0) is 12.3. The number of thiophene rings is 1. The maximum atomic E-state index is 6.25. The van der Waals surface area contributed by atoms with E-state index in [-0.39, 0.29) is 6.04 Å². The van der Waals surface area contributed by atoms with E-state index in [4.69, 9.17) is 10.5 Å². The fourth-order valence-corrected chi connectivity index (χ4v) is 2.58. The summed E-state index contributed by atoms with van der Waals surface area (Å²) in [6.07, 6.45) is 0. The van der Waals surface area contributed by atoms with Crippen LogP contribution in [0.5, 0.6) is 5.75 Å². The molecular weight excluding hydrogens is 230 g/mol. The predicted molar refractivity (Wildman–Crippen MR) is 72.7 cm³/mol. The molecule has 2 N–H and O–H groups in total. The monoisotopic (exact) mass is 247 g/mol. The van der Waals surface area contributed by atoms with Crippen molar-refractivity contribution in [2.45, 2.75) is 19.9 Å². The second-order valence-corrected chi connectivity index (χ2v) is 5.03. The zero-order valence-corrected chi connectivity index (χ0v) is 11.0. The number of aryl methyl sites for hydroxylation is 1. The van der Waals surface area contributed by atoms with Crippen LogP contribution in [-0.4, -0.2) is 6.61 Å². The van der Waals surface area contributed by atoms with Gasteiger partial charge in [-0.15, -0.1) is 11.3 Å². The molecule has 17 heavy (non-hydrogen) atoms. The molecule has 0 saturated heterocycles. The summed E-state index contributed by atoms with van der Waals surface area (Å²) in [5.41, 5.74) is 8.58. The highest BCUT2D eigenvalue weighted by molar-refractivity contribution is 7.10. The first-order valence-electron chi connectivity index (χ1n) is 5.74. The first kappa shape index (κ1) is 12.1. The van der Waals surface area contributed by atoms with Crippen molar-refractivity contribution in [3.8, 4) is 5.75 Å². The highest BCUT2D eigenvalue weighted by Crippen LogP contribution is 2.27. The minimum absolute atomic E-state index is 0.0445. The van der Waals surface area contributed by atoms with E-state index < -0.39 is 0 Å². The molecule has 1 aromatic heterocycles. The average molecular weight is 247 g/mol. The van der Waals surface area contributed by atoms with Gasteiger partial charge in [-0.25, -0.2) is 0 Å². The lowest BCUT2D eigenvalue weighted by molar-refractivity contribution is 0.340. The molecule has 1 atom stereocenters. The summed E-state index contributed by atoms with van der Waals surface area (Å²) in [5.74, 6) is 0.894. The number of rotatable bonds is 4. The van der Waals surface area contributed by atoms with Crippen molar-refractivity contribution in [3.63, 3.8) is 0 Å². The summed E-state index contributed by atoms with van der Waals surface area (Å²) < 4.78 is 5.42. The Morgan fingerprint density at radius 2 is 1.94 bits per heavy atom. The van der Waals surface area contributed by atoms with E-state index in [1.54, 1.807) is 11.3 Å². The van der Waals surface area contributed by atoms with Crippen molar-refractivity contribution in [2.75, 3.05) is 6.61 Å². The quantitative estimate of drug-likeness (QED) is 0.897. The molecule has 2 rings (SSSR count). The van der Waals surface area contributed by atoms with Crippen LogP contribution in [0.3, 0.4) is 0 Å². The number of hydrogen-bond donors (Lipinski definition) is 1. The molecule has 0 bridgehead atoms. The third-order valence-electron chi connectivity index (χ3n) is 2.78. The molecule has 1 heterocycles. The Hall–Kier alpha value is -1.32. The molecule has 3 heteroatoms. The molecule has 0 radical (unpaired) electrons. The van der Waals surface area contributed by atoms with Crippen LogP contribution in [-0.2, 0) is 0 Å². The molecule has 0 saturated carbocycles. The lowest BCUT2D eigenvalue weighted by atomic mass is 10.0. The second-order valence-electron chi connectivity index (χ2n) is 3.91.